The molecule has 0 aliphatic rings. The Hall–Kier alpha value is -6.66. The summed E-state index contributed by atoms with van der Waals surface area (Å²) in [6.07, 6.45) is 0. The van der Waals surface area contributed by atoms with Gasteiger partial charge in [0.1, 0.15) is 0 Å². The summed E-state index contributed by atoms with van der Waals surface area (Å²) >= 11 is 1.81. The van der Waals surface area contributed by atoms with E-state index in [1.807, 2.05) is 47.7 Å². The molecule has 5 heteroatoms. The zero-order valence-electron chi connectivity index (χ0n) is 26.1. The molecule has 7 aromatic carbocycles. The molecule has 3 aromatic heterocycles. The predicted octanol–water partition coefficient (Wildman–Crippen LogP) is 11.7. The Kier molecular flexibility index (Phi) is 5.84. The molecule has 226 valence electrons. The van der Waals surface area contributed by atoms with Gasteiger partial charge in [0, 0.05) is 53.1 Å². The van der Waals surface area contributed by atoms with Gasteiger partial charge < -0.3 is 9.13 Å². The lowest BCUT2D eigenvalue weighted by Gasteiger charge is -2.11. The van der Waals surface area contributed by atoms with Crippen molar-refractivity contribution in [2.24, 2.45) is 0 Å². The zero-order valence-corrected chi connectivity index (χ0v) is 26.9. The Morgan fingerprint density at radius 3 is 1.55 bits per heavy atom. The van der Waals surface area contributed by atoms with Crippen molar-refractivity contribution in [1.82, 2.24) is 9.13 Å². The third-order valence-corrected chi connectivity index (χ3v) is 10.9. The zero-order chi connectivity index (χ0) is 32.6. The highest BCUT2D eigenvalue weighted by molar-refractivity contribution is 7.25. The quantitative estimate of drug-likeness (QED) is 0.193. The largest absolute Gasteiger partial charge is 0.309 e. The van der Waals surface area contributed by atoms with Crippen LogP contribution in [0.2, 0.25) is 0 Å². The van der Waals surface area contributed by atoms with Crippen molar-refractivity contribution < 1.29 is 0 Å². The number of nitrogens with zero attached hydrogens (tertiary/aromatic N) is 4. The van der Waals surface area contributed by atoms with Gasteiger partial charge in [-0.1, -0.05) is 66.7 Å². The molecule has 10 rings (SSSR count). The van der Waals surface area contributed by atoms with E-state index < -0.39 is 0 Å². The highest BCUT2D eigenvalue weighted by atomic mass is 32.1. The van der Waals surface area contributed by atoms with Crippen LogP contribution in [0.15, 0.2) is 146 Å². The lowest BCUT2D eigenvalue weighted by molar-refractivity contribution is 1.18. The normalized spacial score (nSPS) is 11.6. The average Bonchev–Trinajstić information content (AvgIpc) is 3.82. The average molecular weight is 641 g/mol. The van der Waals surface area contributed by atoms with Crippen LogP contribution in [0.3, 0.4) is 0 Å². The number of benzene rings is 7. The molecule has 0 fully saturated rings. The smallest absolute Gasteiger partial charge is 0.0998 e. The Bertz CT molecular complexity index is 3090. The summed E-state index contributed by atoms with van der Waals surface area (Å²) in [4.78, 5) is 0. The van der Waals surface area contributed by atoms with Crippen molar-refractivity contribution in [2.75, 3.05) is 0 Å². The molecule has 49 heavy (non-hydrogen) atoms. The summed E-state index contributed by atoms with van der Waals surface area (Å²) in [6, 6.07) is 55.6. The Morgan fingerprint density at radius 1 is 0.408 bits per heavy atom. The van der Waals surface area contributed by atoms with E-state index in [1.54, 1.807) is 0 Å². The fourth-order valence-electron chi connectivity index (χ4n) is 7.69. The monoisotopic (exact) mass is 640 g/mol. The number of aromatic nitrogens is 2. The van der Waals surface area contributed by atoms with Gasteiger partial charge in [0.25, 0.3) is 0 Å². The first kappa shape index (κ1) is 27.5. The maximum absolute atomic E-state index is 9.94. The van der Waals surface area contributed by atoms with E-state index in [-0.39, 0.29) is 0 Å². The van der Waals surface area contributed by atoms with Crippen LogP contribution in [-0.2, 0) is 0 Å². The van der Waals surface area contributed by atoms with Gasteiger partial charge in [0.2, 0.25) is 0 Å². The molecule has 3 heterocycles. The van der Waals surface area contributed by atoms with Crippen molar-refractivity contribution in [3.8, 4) is 34.6 Å². The SMILES string of the molecule is N#Cc1cccc2c1c1ccccc1n2-c1cccc(-c2ccc3sc4ccc(-n5c6ccccc6c6c(C#N)cccc65)cc4c3c2)c1. The van der Waals surface area contributed by atoms with E-state index in [2.05, 4.69) is 130 Å². The highest BCUT2D eigenvalue weighted by Gasteiger charge is 2.18. The van der Waals surface area contributed by atoms with Crippen LogP contribution in [-0.4, -0.2) is 9.13 Å². The highest BCUT2D eigenvalue weighted by Crippen LogP contribution is 2.41. The summed E-state index contributed by atoms with van der Waals surface area (Å²) < 4.78 is 7.03. The predicted molar refractivity (Wildman–Crippen MR) is 203 cm³/mol. The standard InChI is InChI=1S/C44H24N4S/c45-25-29-9-6-16-39-43(29)33-12-1-3-14-37(33)47(39)31-11-5-8-27(22-31)28-18-20-41-35(23-28)36-24-32(19-21-42(36)49-41)48-38-15-4-2-13-34(38)44-30(26-46)10-7-17-40(44)48/h1-24H. The second-order valence-electron chi connectivity index (χ2n) is 12.4. The third kappa shape index (κ3) is 3.95. The van der Waals surface area contributed by atoms with Gasteiger partial charge in [-0.2, -0.15) is 10.5 Å². The number of para-hydroxylation sites is 2. The van der Waals surface area contributed by atoms with Gasteiger partial charge in [-0.3, -0.25) is 0 Å². The Morgan fingerprint density at radius 2 is 0.918 bits per heavy atom. The Labute approximate surface area is 285 Å². The minimum atomic E-state index is 0.684. The second kappa shape index (κ2) is 10.4. The molecule has 0 atom stereocenters. The molecule has 0 aliphatic carbocycles. The molecule has 0 unspecified atom stereocenters. The maximum Gasteiger partial charge on any atom is 0.0998 e. The van der Waals surface area contributed by atoms with Gasteiger partial charge >= 0.3 is 0 Å². The maximum atomic E-state index is 9.94. The lowest BCUT2D eigenvalue weighted by atomic mass is 10.0. The van der Waals surface area contributed by atoms with Crippen LogP contribution in [0.25, 0.3) is 86.3 Å². The summed E-state index contributed by atoms with van der Waals surface area (Å²) in [6.45, 7) is 0. The molecule has 0 amide bonds. The minimum Gasteiger partial charge on any atom is -0.309 e. The molecule has 0 saturated heterocycles. The number of thiophene rings is 1. The van der Waals surface area contributed by atoms with Gasteiger partial charge in [-0.15, -0.1) is 11.3 Å². The fraction of sp³-hybridized carbons (Fsp3) is 0. The van der Waals surface area contributed by atoms with Gasteiger partial charge in [-0.25, -0.2) is 0 Å². The molecule has 0 N–H and O–H groups in total. The van der Waals surface area contributed by atoms with Gasteiger partial charge in [0.05, 0.1) is 45.3 Å². The summed E-state index contributed by atoms with van der Waals surface area (Å²) in [5.41, 5.74) is 10.00. The molecular formula is C44H24N4S. The fourth-order valence-corrected chi connectivity index (χ4v) is 8.76. The van der Waals surface area contributed by atoms with Crippen LogP contribution in [0, 0.1) is 22.7 Å². The molecule has 10 aromatic rings. The summed E-state index contributed by atoms with van der Waals surface area (Å²) in [5, 5.41) is 26.4. The molecule has 0 saturated carbocycles. The molecular weight excluding hydrogens is 617 g/mol. The van der Waals surface area contributed by atoms with Gasteiger partial charge in [0.15, 0.2) is 0 Å². The Balaban J connectivity index is 1.15. The van der Waals surface area contributed by atoms with Crippen LogP contribution in [0.5, 0.6) is 0 Å². The van der Waals surface area contributed by atoms with Crippen LogP contribution >= 0.6 is 11.3 Å². The van der Waals surface area contributed by atoms with E-state index in [0.29, 0.717) is 11.1 Å². The van der Waals surface area contributed by atoms with Crippen LogP contribution in [0.4, 0.5) is 0 Å². The third-order valence-electron chi connectivity index (χ3n) is 9.78. The van der Waals surface area contributed by atoms with Crippen molar-refractivity contribution in [3.05, 3.63) is 157 Å². The van der Waals surface area contributed by atoms with Crippen molar-refractivity contribution >= 4 is 75.1 Å². The first-order chi connectivity index (χ1) is 24.2. The first-order valence-corrected chi connectivity index (χ1v) is 17.0. The summed E-state index contributed by atoms with van der Waals surface area (Å²) in [7, 11) is 0. The number of nitriles is 2. The van der Waals surface area contributed by atoms with E-state index in [9.17, 15) is 10.5 Å². The van der Waals surface area contributed by atoms with E-state index >= 15 is 0 Å². The number of hydrogen-bond donors (Lipinski definition) is 0. The van der Waals surface area contributed by atoms with Crippen LogP contribution in [0.1, 0.15) is 11.1 Å². The molecule has 0 spiro atoms. The van der Waals surface area contributed by atoms with E-state index in [0.717, 1.165) is 66.1 Å². The molecule has 4 nitrogen and oxygen atoms in total. The van der Waals surface area contributed by atoms with Crippen molar-refractivity contribution in [2.45, 2.75) is 0 Å². The first-order valence-electron chi connectivity index (χ1n) is 16.1. The molecule has 0 bridgehead atoms. The number of rotatable bonds is 3. The van der Waals surface area contributed by atoms with Crippen molar-refractivity contribution in [1.29, 1.82) is 10.5 Å². The van der Waals surface area contributed by atoms with Crippen LogP contribution < -0.4 is 0 Å². The van der Waals surface area contributed by atoms with E-state index in [1.165, 1.54) is 20.2 Å². The molecule has 0 aliphatic heterocycles. The minimum absolute atomic E-state index is 0.684. The topological polar surface area (TPSA) is 57.4 Å². The second-order valence-corrected chi connectivity index (χ2v) is 13.5. The number of hydrogen-bond acceptors (Lipinski definition) is 3. The van der Waals surface area contributed by atoms with E-state index in [4.69, 9.17) is 0 Å². The lowest BCUT2D eigenvalue weighted by Crippen LogP contribution is -1.94. The number of fused-ring (bicyclic) bond motifs is 9. The molecule has 0 radical (unpaired) electrons. The van der Waals surface area contributed by atoms with Crippen molar-refractivity contribution in [3.63, 3.8) is 0 Å². The van der Waals surface area contributed by atoms with Gasteiger partial charge in [-0.05, 0) is 90.0 Å². The summed E-state index contributed by atoms with van der Waals surface area (Å²) in [5.74, 6) is 0.